The Balaban J connectivity index is 2.60. The van der Waals surface area contributed by atoms with E-state index in [0.29, 0.717) is 0 Å². The summed E-state index contributed by atoms with van der Waals surface area (Å²) in [6.07, 6.45) is 3.83. The molecule has 0 saturated carbocycles. The van der Waals surface area contributed by atoms with Gasteiger partial charge in [-0.1, -0.05) is 0 Å². The van der Waals surface area contributed by atoms with Crippen molar-refractivity contribution in [3.63, 3.8) is 0 Å². The van der Waals surface area contributed by atoms with E-state index >= 15 is 0 Å². The molecule has 13 heavy (non-hydrogen) atoms. The van der Waals surface area contributed by atoms with Crippen molar-refractivity contribution in [2.45, 2.75) is 0 Å². The highest BCUT2D eigenvalue weighted by atomic mass is 32.2. The molecule has 1 heterocycles. The first-order valence-corrected chi connectivity index (χ1v) is 5.55. The van der Waals surface area contributed by atoms with Gasteiger partial charge in [-0.15, -0.1) is 0 Å². The van der Waals surface area contributed by atoms with E-state index in [1.807, 2.05) is 24.9 Å². The van der Waals surface area contributed by atoms with Crippen LogP contribution in [0.5, 0.6) is 0 Å². The molecule has 0 bridgehead atoms. The lowest BCUT2D eigenvalue weighted by Gasteiger charge is -2.17. The molecule has 1 rings (SSSR count). The number of rotatable bonds is 4. The molecule has 0 fully saturated rings. The lowest BCUT2D eigenvalue weighted by molar-refractivity contribution is 0.948. The molecule has 0 amide bonds. The van der Waals surface area contributed by atoms with Gasteiger partial charge < -0.3 is 10.6 Å². The Bertz CT molecular complexity index is 265. The van der Waals surface area contributed by atoms with Gasteiger partial charge in [-0.05, 0) is 12.3 Å². The monoisotopic (exact) mass is 197 g/mol. The second-order valence-electron chi connectivity index (χ2n) is 2.86. The highest BCUT2D eigenvalue weighted by Gasteiger charge is 2.00. The van der Waals surface area contributed by atoms with E-state index in [1.54, 1.807) is 12.3 Å². The fourth-order valence-electron chi connectivity index (χ4n) is 0.986. The van der Waals surface area contributed by atoms with Crippen LogP contribution in [0.3, 0.4) is 0 Å². The molecule has 0 unspecified atom stereocenters. The van der Waals surface area contributed by atoms with Crippen LogP contribution >= 0.6 is 11.8 Å². The Morgan fingerprint density at radius 1 is 1.62 bits per heavy atom. The minimum absolute atomic E-state index is 0.765. The molecule has 0 aromatic carbocycles. The number of anilines is 2. The summed E-state index contributed by atoms with van der Waals surface area (Å²) in [4.78, 5) is 6.33. The number of hydrogen-bond acceptors (Lipinski definition) is 4. The maximum Gasteiger partial charge on any atom is 0.130 e. The quantitative estimate of drug-likeness (QED) is 0.793. The van der Waals surface area contributed by atoms with Gasteiger partial charge in [0.05, 0.1) is 0 Å². The molecule has 1 aromatic heterocycles. The van der Waals surface area contributed by atoms with E-state index in [1.165, 1.54) is 0 Å². The van der Waals surface area contributed by atoms with Crippen molar-refractivity contribution < 1.29 is 0 Å². The topological polar surface area (TPSA) is 42.1 Å². The van der Waals surface area contributed by atoms with Gasteiger partial charge in [0, 0.05) is 37.3 Å². The maximum atomic E-state index is 5.65. The van der Waals surface area contributed by atoms with Crippen LogP contribution in [0.1, 0.15) is 0 Å². The van der Waals surface area contributed by atoms with E-state index in [-0.39, 0.29) is 0 Å². The van der Waals surface area contributed by atoms with Crippen LogP contribution in [0.4, 0.5) is 11.5 Å². The third-order valence-corrected chi connectivity index (χ3v) is 2.38. The normalized spacial score (nSPS) is 10.0. The molecule has 0 aliphatic rings. The largest absolute Gasteiger partial charge is 0.399 e. The highest BCUT2D eigenvalue weighted by Crippen LogP contribution is 2.12. The van der Waals surface area contributed by atoms with Crippen LogP contribution in [0.15, 0.2) is 18.3 Å². The van der Waals surface area contributed by atoms with Gasteiger partial charge >= 0.3 is 0 Å². The highest BCUT2D eigenvalue weighted by molar-refractivity contribution is 7.98. The summed E-state index contributed by atoms with van der Waals surface area (Å²) in [5.41, 5.74) is 6.42. The second kappa shape index (κ2) is 4.97. The number of pyridine rings is 1. The predicted molar refractivity (Wildman–Crippen MR) is 60.3 cm³/mol. The molecule has 2 N–H and O–H groups in total. The van der Waals surface area contributed by atoms with Gasteiger partial charge in [-0.3, -0.25) is 0 Å². The van der Waals surface area contributed by atoms with Gasteiger partial charge in [-0.25, -0.2) is 4.98 Å². The van der Waals surface area contributed by atoms with Crippen molar-refractivity contribution in [1.82, 2.24) is 4.98 Å². The SMILES string of the molecule is CSCCN(C)c1cc(N)ccn1. The Kier molecular flexibility index (Phi) is 3.89. The predicted octanol–water partition coefficient (Wildman–Crippen LogP) is 1.46. The Labute approximate surface area is 83.3 Å². The minimum Gasteiger partial charge on any atom is -0.399 e. The van der Waals surface area contributed by atoms with E-state index in [2.05, 4.69) is 16.1 Å². The van der Waals surface area contributed by atoms with Crippen LogP contribution in [0.25, 0.3) is 0 Å². The molecular weight excluding hydrogens is 182 g/mol. The second-order valence-corrected chi connectivity index (χ2v) is 3.85. The first-order chi connectivity index (χ1) is 6.24. The van der Waals surface area contributed by atoms with E-state index < -0.39 is 0 Å². The third kappa shape index (κ3) is 3.14. The van der Waals surface area contributed by atoms with Crippen molar-refractivity contribution in [3.8, 4) is 0 Å². The summed E-state index contributed by atoms with van der Waals surface area (Å²) < 4.78 is 0. The summed E-state index contributed by atoms with van der Waals surface area (Å²) in [6, 6.07) is 3.69. The third-order valence-electron chi connectivity index (χ3n) is 1.79. The minimum atomic E-state index is 0.765. The van der Waals surface area contributed by atoms with Gasteiger partial charge in [0.1, 0.15) is 5.82 Å². The zero-order chi connectivity index (χ0) is 9.68. The van der Waals surface area contributed by atoms with E-state index in [4.69, 9.17) is 5.73 Å². The van der Waals surface area contributed by atoms with Crippen LogP contribution in [0, 0.1) is 0 Å². The Morgan fingerprint density at radius 3 is 3.00 bits per heavy atom. The van der Waals surface area contributed by atoms with Crippen molar-refractivity contribution in [3.05, 3.63) is 18.3 Å². The van der Waals surface area contributed by atoms with Crippen molar-refractivity contribution in [2.24, 2.45) is 0 Å². The first-order valence-electron chi connectivity index (χ1n) is 4.15. The molecule has 0 spiro atoms. The lowest BCUT2D eigenvalue weighted by Crippen LogP contribution is -2.21. The number of hydrogen-bond donors (Lipinski definition) is 1. The summed E-state index contributed by atoms with van der Waals surface area (Å²) in [6.45, 7) is 0.998. The number of nitrogen functional groups attached to an aromatic ring is 1. The van der Waals surface area contributed by atoms with Gasteiger partial charge in [0.15, 0.2) is 0 Å². The summed E-state index contributed by atoms with van der Waals surface area (Å²) in [5.74, 6) is 2.04. The number of thioether (sulfide) groups is 1. The Hall–Kier alpha value is -0.900. The summed E-state index contributed by atoms with van der Waals surface area (Å²) in [7, 11) is 2.03. The molecule has 0 aliphatic carbocycles. The molecular formula is C9H15N3S. The van der Waals surface area contributed by atoms with Crippen LogP contribution < -0.4 is 10.6 Å². The zero-order valence-electron chi connectivity index (χ0n) is 8.03. The van der Waals surface area contributed by atoms with Crippen LogP contribution in [0.2, 0.25) is 0 Å². The van der Waals surface area contributed by atoms with Gasteiger partial charge in [0.2, 0.25) is 0 Å². The average Bonchev–Trinajstić information content (AvgIpc) is 2.14. The molecule has 1 aromatic rings. The lowest BCUT2D eigenvalue weighted by atomic mass is 10.4. The molecule has 0 radical (unpaired) electrons. The standard InChI is InChI=1S/C9H15N3S/c1-12(5-6-13-2)9-7-8(10)3-4-11-9/h3-4,7H,5-6H2,1-2H3,(H2,10,11). The fourth-order valence-corrected chi connectivity index (χ4v) is 1.44. The number of aromatic nitrogens is 1. The van der Waals surface area contributed by atoms with Crippen LogP contribution in [-0.4, -0.2) is 30.6 Å². The maximum absolute atomic E-state index is 5.65. The number of nitrogens with zero attached hydrogens (tertiary/aromatic N) is 2. The fraction of sp³-hybridized carbons (Fsp3) is 0.444. The summed E-state index contributed by atoms with van der Waals surface area (Å²) >= 11 is 1.83. The molecule has 72 valence electrons. The first kappa shape index (κ1) is 10.2. The molecule has 4 heteroatoms. The van der Waals surface area contributed by atoms with Crippen LogP contribution in [-0.2, 0) is 0 Å². The average molecular weight is 197 g/mol. The summed E-state index contributed by atoms with van der Waals surface area (Å²) in [5, 5.41) is 0. The van der Waals surface area contributed by atoms with Gasteiger partial charge in [0.25, 0.3) is 0 Å². The molecule has 0 atom stereocenters. The van der Waals surface area contributed by atoms with E-state index in [0.717, 1.165) is 23.8 Å². The smallest absolute Gasteiger partial charge is 0.130 e. The molecule has 0 aliphatic heterocycles. The number of nitrogens with two attached hydrogens (primary N) is 1. The zero-order valence-corrected chi connectivity index (χ0v) is 8.84. The Morgan fingerprint density at radius 2 is 2.38 bits per heavy atom. The van der Waals surface area contributed by atoms with Crippen molar-refractivity contribution in [1.29, 1.82) is 0 Å². The molecule has 3 nitrogen and oxygen atoms in total. The molecule has 0 saturated heterocycles. The van der Waals surface area contributed by atoms with Crippen molar-refractivity contribution in [2.75, 3.05) is 36.2 Å². The van der Waals surface area contributed by atoms with E-state index in [9.17, 15) is 0 Å². The van der Waals surface area contributed by atoms with Crippen molar-refractivity contribution >= 4 is 23.3 Å². The van der Waals surface area contributed by atoms with Gasteiger partial charge in [-0.2, -0.15) is 11.8 Å².